The van der Waals surface area contributed by atoms with Gasteiger partial charge in [0, 0.05) is 13.0 Å². The molecule has 0 aromatic carbocycles. The fourth-order valence-corrected chi connectivity index (χ4v) is 0.976. The average molecular weight is 142 g/mol. The van der Waals surface area contributed by atoms with E-state index in [0.717, 1.165) is 18.7 Å². The molecule has 0 aromatic rings. The van der Waals surface area contributed by atoms with Gasteiger partial charge in [0.25, 0.3) is 0 Å². The molecule has 0 amide bonds. The van der Waals surface area contributed by atoms with E-state index in [1.165, 1.54) is 0 Å². The van der Waals surface area contributed by atoms with Crippen LogP contribution >= 0.6 is 0 Å². The number of nitrogens with zero attached hydrogens (tertiary/aromatic N) is 1. The molecule has 1 unspecified atom stereocenters. The van der Waals surface area contributed by atoms with Gasteiger partial charge in [-0.1, -0.05) is 6.92 Å². The van der Waals surface area contributed by atoms with E-state index in [2.05, 4.69) is 17.2 Å². The zero-order valence-corrected chi connectivity index (χ0v) is 6.30. The van der Waals surface area contributed by atoms with Crippen LogP contribution < -0.4 is 5.32 Å². The van der Waals surface area contributed by atoms with Gasteiger partial charge in [-0.15, -0.1) is 0 Å². The molecule has 1 rings (SSSR count). The largest absolute Gasteiger partial charge is 0.389 e. The SMILES string of the molecule is CCCC1=NCC(O)CN1. The monoisotopic (exact) mass is 142 g/mol. The normalized spacial score (nSPS) is 25.4. The van der Waals surface area contributed by atoms with Crippen LogP contribution in [-0.2, 0) is 0 Å². The standard InChI is InChI=1S/C7H14N2O/c1-2-3-7-8-4-6(10)5-9-7/h6,10H,2-5H2,1H3,(H,8,9). The first-order chi connectivity index (χ1) is 4.83. The van der Waals surface area contributed by atoms with Gasteiger partial charge in [0.2, 0.25) is 0 Å². The lowest BCUT2D eigenvalue weighted by Crippen LogP contribution is -2.38. The van der Waals surface area contributed by atoms with Gasteiger partial charge in [0.05, 0.1) is 18.5 Å². The van der Waals surface area contributed by atoms with Crippen molar-refractivity contribution in [3.63, 3.8) is 0 Å². The van der Waals surface area contributed by atoms with E-state index in [1.54, 1.807) is 0 Å². The maximum atomic E-state index is 9.03. The Labute approximate surface area is 61.2 Å². The van der Waals surface area contributed by atoms with Crippen molar-refractivity contribution in [3.05, 3.63) is 0 Å². The van der Waals surface area contributed by atoms with Crippen molar-refractivity contribution in [1.29, 1.82) is 0 Å². The average Bonchev–Trinajstić information content (AvgIpc) is 1.95. The minimum absolute atomic E-state index is 0.277. The van der Waals surface area contributed by atoms with Gasteiger partial charge in [-0.3, -0.25) is 4.99 Å². The third-order valence-electron chi connectivity index (χ3n) is 1.52. The van der Waals surface area contributed by atoms with Gasteiger partial charge in [0.15, 0.2) is 0 Å². The molecule has 1 atom stereocenters. The third kappa shape index (κ3) is 1.99. The number of aliphatic imine (C=N–C) groups is 1. The first-order valence-corrected chi connectivity index (χ1v) is 3.78. The van der Waals surface area contributed by atoms with Crippen molar-refractivity contribution in [2.75, 3.05) is 13.1 Å². The first kappa shape index (κ1) is 7.54. The van der Waals surface area contributed by atoms with Gasteiger partial charge in [-0.25, -0.2) is 0 Å². The molecule has 0 bridgehead atoms. The number of hydrogen-bond donors (Lipinski definition) is 2. The number of hydrogen-bond acceptors (Lipinski definition) is 3. The number of nitrogens with one attached hydrogen (secondary N) is 1. The summed E-state index contributed by atoms with van der Waals surface area (Å²) in [4.78, 5) is 4.16. The first-order valence-electron chi connectivity index (χ1n) is 3.78. The van der Waals surface area contributed by atoms with E-state index in [0.29, 0.717) is 13.1 Å². The van der Waals surface area contributed by atoms with E-state index in [-0.39, 0.29) is 6.10 Å². The molecule has 1 aliphatic heterocycles. The Morgan fingerprint density at radius 3 is 3.10 bits per heavy atom. The van der Waals surface area contributed by atoms with Crippen LogP contribution in [0.1, 0.15) is 19.8 Å². The highest BCUT2D eigenvalue weighted by atomic mass is 16.3. The molecule has 3 heteroatoms. The second-order valence-electron chi connectivity index (χ2n) is 2.57. The number of aliphatic hydroxyl groups excluding tert-OH is 1. The number of amidine groups is 1. The number of aliphatic hydroxyl groups is 1. The molecule has 1 heterocycles. The zero-order chi connectivity index (χ0) is 7.40. The second-order valence-corrected chi connectivity index (χ2v) is 2.57. The van der Waals surface area contributed by atoms with Crippen LogP contribution in [0.5, 0.6) is 0 Å². The van der Waals surface area contributed by atoms with E-state index >= 15 is 0 Å². The summed E-state index contributed by atoms with van der Waals surface area (Å²) >= 11 is 0. The summed E-state index contributed by atoms with van der Waals surface area (Å²) in [6.45, 7) is 3.36. The molecule has 0 saturated heterocycles. The zero-order valence-electron chi connectivity index (χ0n) is 6.30. The predicted octanol–water partition coefficient (Wildman–Crippen LogP) is 0.149. The predicted molar refractivity (Wildman–Crippen MR) is 41.2 cm³/mol. The highest BCUT2D eigenvalue weighted by Crippen LogP contribution is 1.96. The van der Waals surface area contributed by atoms with Crippen molar-refractivity contribution >= 4 is 5.84 Å². The smallest absolute Gasteiger partial charge is 0.0965 e. The molecule has 0 spiro atoms. The fourth-order valence-electron chi connectivity index (χ4n) is 0.976. The van der Waals surface area contributed by atoms with E-state index < -0.39 is 0 Å². The van der Waals surface area contributed by atoms with Crippen LogP contribution in [0.2, 0.25) is 0 Å². The van der Waals surface area contributed by atoms with Crippen molar-refractivity contribution in [2.24, 2.45) is 4.99 Å². The minimum Gasteiger partial charge on any atom is -0.389 e. The summed E-state index contributed by atoms with van der Waals surface area (Å²) in [5.74, 6) is 1.05. The van der Waals surface area contributed by atoms with E-state index in [9.17, 15) is 0 Å². The van der Waals surface area contributed by atoms with Crippen molar-refractivity contribution in [2.45, 2.75) is 25.9 Å². The summed E-state index contributed by atoms with van der Waals surface area (Å²) in [5.41, 5.74) is 0. The minimum atomic E-state index is -0.277. The quantitative estimate of drug-likeness (QED) is 0.576. The lowest BCUT2D eigenvalue weighted by molar-refractivity contribution is 0.181. The number of rotatable bonds is 2. The Hall–Kier alpha value is -0.570. The Balaban J connectivity index is 2.33. The van der Waals surface area contributed by atoms with Crippen LogP contribution in [0.3, 0.4) is 0 Å². The van der Waals surface area contributed by atoms with Gasteiger partial charge in [0.1, 0.15) is 0 Å². The maximum absolute atomic E-state index is 9.03. The lowest BCUT2D eigenvalue weighted by Gasteiger charge is -2.18. The Kier molecular flexibility index (Phi) is 2.68. The molecule has 1 aliphatic rings. The molecular formula is C7H14N2O. The summed E-state index contributed by atoms with van der Waals surface area (Å²) in [6.07, 6.45) is 1.84. The summed E-state index contributed by atoms with van der Waals surface area (Å²) < 4.78 is 0. The molecule has 0 aromatic heterocycles. The van der Waals surface area contributed by atoms with Crippen LogP contribution in [-0.4, -0.2) is 30.1 Å². The molecule has 0 radical (unpaired) electrons. The van der Waals surface area contributed by atoms with Crippen LogP contribution in [0.15, 0.2) is 4.99 Å². The molecule has 10 heavy (non-hydrogen) atoms. The molecule has 2 N–H and O–H groups in total. The van der Waals surface area contributed by atoms with Gasteiger partial charge in [-0.2, -0.15) is 0 Å². The Bertz CT molecular complexity index is 134. The Morgan fingerprint density at radius 2 is 2.60 bits per heavy atom. The summed E-state index contributed by atoms with van der Waals surface area (Å²) in [7, 11) is 0. The van der Waals surface area contributed by atoms with E-state index in [4.69, 9.17) is 5.11 Å². The Morgan fingerprint density at radius 1 is 1.80 bits per heavy atom. The topological polar surface area (TPSA) is 44.6 Å². The van der Waals surface area contributed by atoms with E-state index in [1.807, 2.05) is 0 Å². The van der Waals surface area contributed by atoms with Crippen LogP contribution in [0, 0.1) is 0 Å². The third-order valence-corrected chi connectivity index (χ3v) is 1.52. The molecule has 58 valence electrons. The lowest BCUT2D eigenvalue weighted by atomic mass is 10.2. The fraction of sp³-hybridized carbons (Fsp3) is 0.857. The highest BCUT2D eigenvalue weighted by Gasteiger charge is 2.09. The molecule has 0 saturated carbocycles. The summed E-state index contributed by atoms with van der Waals surface area (Å²) in [5, 5.41) is 12.1. The maximum Gasteiger partial charge on any atom is 0.0965 e. The molecule has 0 aliphatic carbocycles. The molecular weight excluding hydrogens is 128 g/mol. The second kappa shape index (κ2) is 3.56. The van der Waals surface area contributed by atoms with Crippen molar-refractivity contribution in [3.8, 4) is 0 Å². The van der Waals surface area contributed by atoms with Gasteiger partial charge >= 0.3 is 0 Å². The highest BCUT2D eigenvalue weighted by molar-refractivity contribution is 5.82. The van der Waals surface area contributed by atoms with Gasteiger partial charge < -0.3 is 10.4 Å². The molecule has 3 nitrogen and oxygen atoms in total. The van der Waals surface area contributed by atoms with Crippen LogP contribution in [0.25, 0.3) is 0 Å². The van der Waals surface area contributed by atoms with Gasteiger partial charge in [-0.05, 0) is 6.42 Å². The number of β-amino-alcohol motifs (C(OH)–C–C–N with tert-alkyl or cyclic N) is 1. The van der Waals surface area contributed by atoms with Crippen molar-refractivity contribution < 1.29 is 5.11 Å². The molecule has 0 fully saturated rings. The summed E-state index contributed by atoms with van der Waals surface area (Å²) in [6, 6.07) is 0. The van der Waals surface area contributed by atoms with Crippen LogP contribution in [0.4, 0.5) is 0 Å². The van der Waals surface area contributed by atoms with Crippen molar-refractivity contribution in [1.82, 2.24) is 5.32 Å².